The van der Waals surface area contributed by atoms with Crippen LogP contribution in [0.1, 0.15) is 38.5 Å². The van der Waals surface area contributed by atoms with Crippen LogP contribution in [0.4, 0.5) is 0 Å². The number of piperidine rings is 2. The summed E-state index contributed by atoms with van der Waals surface area (Å²) in [7, 11) is 2.22. The minimum absolute atomic E-state index is 0.197. The van der Waals surface area contributed by atoms with Gasteiger partial charge in [-0.25, -0.2) is 0 Å². The van der Waals surface area contributed by atoms with Crippen LogP contribution in [0.5, 0.6) is 0 Å². The van der Waals surface area contributed by atoms with Crippen LogP contribution in [0.2, 0.25) is 0 Å². The third-order valence-electron chi connectivity index (χ3n) is 4.50. The van der Waals surface area contributed by atoms with Crippen LogP contribution in [-0.4, -0.2) is 60.1 Å². The van der Waals surface area contributed by atoms with E-state index in [1.54, 1.807) is 0 Å². The zero-order valence-electron chi connectivity index (χ0n) is 11.5. The quantitative estimate of drug-likeness (QED) is 0.764. The number of carbonyl (C=O) groups excluding carboxylic acids is 1. The number of unbranched alkanes of at least 4 members (excludes halogenated alkanes) is 1. The molecule has 2 unspecified atom stereocenters. The highest BCUT2D eigenvalue weighted by atomic mass is 16.3. The van der Waals surface area contributed by atoms with Gasteiger partial charge in [-0.1, -0.05) is 0 Å². The van der Waals surface area contributed by atoms with Gasteiger partial charge in [0.05, 0.1) is 0 Å². The highest BCUT2D eigenvalue weighted by Crippen LogP contribution is 2.29. The fourth-order valence-electron chi connectivity index (χ4n) is 3.43. The molecule has 104 valence electrons. The molecule has 0 spiro atoms. The molecule has 0 saturated carbocycles. The summed E-state index contributed by atoms with van der Waals surface area (Å²) in [4.78, 5) is 16.6. The molecule has 2 saturated heterocycles. The maximum Gasteiger partial charge on any atom is 0.222 e. The van der Waals surface area contributed by atoms with Crippen molar-refractivity contribution in [2.24, 2.45) is 5.92 Å². The minimum atomic E-state index is 0.197. The second kappa shape index (κ2) is 6.53. The Hall–Kier alpha value is -0.610. The van der Waals surface area contributed by atoms with Crippen molar-refractivity contribution >= 4 is 5.91 Å². The topological polar surface area (TPSA) is 43.8 Å². The van der Waals surface area contributed by atoms with E-state index in [0.717, 1.165) is 32.4 Å². The van der Waals surface area contributed by atoms with Gasteiger partial charge in [-0.15, -0.1) is 0 Å². The Morgan fingerprint density at radius 1 is 1.28 bits per heavy atom. The third-order valence-corrected chi connectivity index (χ3v) is 4.50. The van der Waals surface area contributed by atoms with Crippen molar-refractivity contribution in [1.82, 2.24) is 9.80 Å². The van der Waals surface area contributed by atoms with Crippen molar-refractivity contribution < 1.29 is 9.90 Å². The largest absolute Gasteiger partial charge is 0.396 e. The summed E-state index contributed by atoms with van der Waals surface area (Å²) in [6.45, 7) is 3.28. The molecule has 2 atom stereocenters. The molecule has 4 heteroatoms. The SMILES string of the molecule is CN1CCCC2CN(C(=O)CCCCO)CCC21. The summed E-state index contributed by atoms with van der Waals surface area (Å²) in [6.07, 6.45) is 5.84. The second-order valence-electron chi connectivity index (χ2n) is 5.76. The van der Waals surface area contributed by atoms with E-state index in [9.17, 15) is 4.79 Å². The molecule has 0 aliphatic carbocycles. The van der Waals surface area contributed by atoms with Crippen molar-refractivity contribution in [2.45, 2.75) is 44.6 Å². The first-order valence-corrected chi connectivity index (χ1v) is 7.31. The lowest BCUT2D eigenvalue weighted by atomic mass is 9.84. The van der Waals surface area contributed by atoms with Crippen molar-refractivity contribution in [1.29, 1.82) is 0 Å². The van der Waals surface area contributed by atoms with E-state index in [1.807, 2.05) is 0 Å². The molecule has 0 aromatic rings. The van der Waals surface area contributed by atoms with Gasteiger partial charge in [0.1, 0.15) is 0 Å². The van der Waals surface area contributed by atoms with E-state index < -0.39 is 0 Å². The normalized spacial score (nSPS) is 29.1. The third kappa shape index (κ3) is 3.23. The Kier molecular flexibility index (Phi) is 5.01. The summed E-state index contributed by atoms with van der Waals surface area (Å²) in [5, 5.41) is 8.74. The zero-order valence-corrected chi connectivity index (χ0v) is 11.5. The first-order valence-electron chi connectivity index (χ1n) is 7.31. The monoisotopic (exact) mass is 254 g/mol. The van der Waals surface area contributed by atoms with Crippen LogP contribution in [0, 0.1) is 5.92 Å². The summed E-state index contributed by atoms with van der Waals surface area (Å²) < 4.78 is 0. The lowest BCUT2D eigenvalue weighted by Gasteiger charge is -2.46. The number of nitrogens with zero attached hydrogens (tertiary/aromatic N) is 2. The highest BCUT2D eigenvalue weighted by molar-refractivity contribution is 5.76. The lowest BCUT2D eigenvalue weighted by Crippen LogP contribution is -2.53. The highest BCUT2D eigenvalue weighted by Gasteiger charge is 2.35. The smallest absolute Gasteiger partial charge is 0.222 e. The number of aliphatic hydroxyl groups excluding tert-OH is 1. The van der Waals surface area contributed by atoms with Crippen molar-refractivity contribution in [3.63, 3.8) is 0 Å². The van der Waals surface area contributed by atoms with Gasteiger partial charge < -0.3 is 14.9 Å². The van der Waals surface area contributed by atoms with Crippen LogP contribution in [0.25, 0.3) is 0 Å². The van der Waals surface area contributed by atoms with Crippen molar-refractivity contribution in [2.75, 3.05) is 33.3 Å². The molecule has 0 radical (unpaired) electrons. The average molecular weight is 254 g/mol. The Bertz CT molecular complexity index is 283. The molecule has 0 aromatic carbocycles. The van der Waals surface area contributed by atoms with Crippen LogP contribution in [0.15, 0.2) is 0 Å². The van der Waals surface area contributed by atoms with Gasteiger partial charge in [0.2, 0.25) is 5.91 Å². The number of amides is 1. The molecular weight excluding hydrogens is 228 g/mol. The number of hydrogen-bond donors (Lipinski definition) is 1. The van der Waals surface area contributed by atoms with Crippen molar-refractivity contribution in [3.8, 4) is 0 Å². The summed E-state index contributed by atoms with van der Waals surface area (Å²) in [6, 6.07) is 0.695. The first kappa shape index (κ1) is 13.8. The Morgan fingerprint density at radius 3 is 2.89 bits per heavy atom. The van der Waals surface area contributed by atoms with Gasteiger partial charge in [0.25, 0.3) is 0 Å². The molecule has 1 amide bonds. The lowest BCUT2D eigenvalue weighted by molar-refractivity contribution is -0.134. The van der Waals surface area contributed by atoms with Crippen molar-refractivity contribution in [3.05, 3.63) is 0 Å². The molecule has 18 heavy (non-hydrogen) atoms. The predicted octanol–water partition coefficient (Wildman–Crippen LogP) is 1.09. The van der Waals surface area contributed by atoms with Crippen LogP contribution < -0.4 is 0 Å². The Morgan fingerprint density at radius 2 is 2.11 bits per heavy atom. The number of likely N-dealkylation sites (tertiary alicyclic amines) is 2. The molecule has 1 N–H and O–H groups in total. The van der Waals surface area contributed by atoms with Crippen LogP contribution >= 0.6 is 0 Å². The molecule has 4 nitrogen and oxygen atoms in total. The predicted molar refractivity (Wildman–Crippen MR) is 71.3 cm³/mol. The fraction of sp³-hybridized carbons (Fsp3) is 0.929. The van der Waals surface area contributed by atoms with Gasteiger partial charge >= 0.3 is 0 Å². The van der Waals surface area contributed by atoms with E-state index in [0.29, 0.717) is 18.4 Å². The summed E-state index contributed by atoms with van der Waals surface area (Å²) in [5.74, 6) is 0.967. The zero-order chi connectivity index (χ0) is 13.0. The number of carbonyl (C=O) groups is 1. The van der Waals surface area contributed by atoms with Gasteiger partial charge in [-0.2, -0.15) is 0 Å². The standard InChI is InChI=1S/C14H26N2O2/c1-15-8-4-5-12-11-16(9-7-13(12)15)14(18)6-2-3-10-17/h12-13,17H,2-11H2,1H3. The average Bonchev–Trinajstić information content (AvgIpc) is 2.39. The molecule has 0 aromatic heterocycles. The van der Waals surface area contributed by atoms with Gasteiger partial charge in [-0.05, 0) is 51.6 Å². The van der Waals surface area contributed by atoms with Gasteiger partial charge in [0.15, 0.2) is 0 Å². The van der Waals surface area contributed by atoms with Gasteiger partial charge in [0, 0.05) is 32.2 Å². The second-order valence-corrected chi connectivity index (χ2v) is 5.76. The van der Waals surface area contributed by atoms with Crippen LogP contribution in [-0.2, 0) is 4.79 Å². The number of fused-ring (bicyclic) bond motifs is 1. The molecule has 2 fully saturated rings. The van der Waals surface area contributed by atoms with E-state index >= 15 is 0 Å². The molecule has 2 aliphatic heterocycles. The summed E-state index contributed by atoms with van der Waals surface area (Å²) in [5.41, 5.74) is 0. The number of rotatable bonds is 4. The number of aliphatic hydroxyl groups is 1. The van der Waals surface area contributed by atoms with E-state index in [1.165, 1.54) is 19.4 Å². The summed E-state index contributed by atoms with van der Waals surface area (Å²) >= 11 is 0. The first-order chi connectivity index (χ1) is 8.72. The fourth-order valence-corrected chi connectivity index (χ4v) is 3.43. The van der Waals surface area contributed by atoms with E-state index in [4.69, 9.17) is 5.11 Å². The molecule has 2 rings (SSSR count). The van der Waals surface area contributed by atoms with E-state index in [2.05, 4.69) is 16.8 Å². The Balaban J connectivity index is 1.81. The van der Waals surface area contributed by atoms with Gasteiger partial charge in [-0.3, -0.25) is 4.79 Å². The molecular formula is C14H26N2O2. The molecule has 0 bridgehead atoms. The molecule has 2 aliphatic rings. The van der Waals surface area contributed by atoms with E-state index in [-0.39, 0.29) is 12.5 Å². The van der Waals surface area contributed by atoms with Crippen LogP contribution in [0.3, 0.4) is 0 Å². The molecule has 2 heterocycles. The maximum atomic E-state index is 12.1. The minimum Gasteiger partial charge on any atom is -0.396 e. The number of hydrogen-bond acceptors (Lipinski definition) is 3. The maximum absolute atomic E-state index is 12.1. The Labute approximate surface area is 110 Å².